The van der Waals surface area contributed by atoms with E-state index in [4.69, 9.17) is 0 Å². The number of benzene rings is 2. The Kier molecular flexibility index (Phi) is 7.33. The van der Waals surface area contributed by atoms with E-state index in [9.17, 15) is 26.7 Å². The van der Waals surface area contributed by atoms with Gasteiger partial charge in [-0.15, -0.1) is 0 Å². The molecule has 0 spiro atoms. The van der Waals surface area contributed by atoms with Crippen molar-refractivity contribution >= 4 is 17.7 Å². The van der Waals surface area contributed by atoms with Crippen LogP contribution in [0.1, 0.15) is 36.7 Å². The fourth-order valence-electron chi connectivity index (χ4n) is 2.81. The summed E-state index contributed by atoms with van der Waals surface area (Å²) in [6.45, 7) is 5.74. The van der Waals surface area contributed by atoms with E-state index in [0.29, 0.717) is 5.69 Å². The molecule has 0 aliphatic rings. The minimum Gasteiger partial charge on any atom is -0.353 e. The number of guanidine groups is 1. The molecule has 3 rings (SSSR count). The molecule has 180 valence electrons. The number of nitrogens with zero attached hydrogens (tertiary/aromatic N) is 2. The maximum absolute atomic E-state index is 13.5. The van der Waals surface area contributed by atoms with Gasteiger partial charge in [0.25, 0.3) is 5.91 Å². The van der Waals surface area contributed by atoms with Gasteiger partial charge in [-0.1, -0.05) is 13.8 Å². The van der Waals surface area contributed by atoms with Crippen molar-refractivity contribution in [1.29, 1.82) is 0 Å². The van der Waals surface area contributed by atoms with Crippen molar-refractivity contribution in [2.24, 2.45) is 10.9 Å². The highest BCUT2D eigenvalue weighted by Gasteiger charge is 2.30. The number of hydrogen-bond donors (Lipinski definition) is 3. The number of H-pyrrole nitrogens is 1. The molecule has 0 aliphatic carbocycles. The summed E-state index contributed by atoms with van der Waals surface area (Å²) in [4.78, 5) is 16.6. The van der Waals surface area contributed by atoms with Crippen LogP contribution in [0.25, 0.3) is 11.3 Å². The quantitative estimate of drug-likeness (QED) is 0.252. The minimum absolute atomic E-state index is 0.00886. The lowest BCUT2D eigenvalue weighted by molar-refractivity contribution is -0.137. The lowest BCUT2D eigenvalue weighted by Gasteiger charge is -2.20. The number of hydrogen-bond acceptors (Lipinski definition) is 2. The average Bonchev–Trinajstić information content (AvgIpc) is 3.21. The van der Waals surface area contributed by atoms with Gasteiger partial charge >= 0.3 is 6.18 Å². The molecule has 0 bridgehead atoms. The number of aliphatic imine (C=N–C) groups is 1. The van der Waals surface area contributed by atoms with Crippen molar-refractivity contribution in [3.8, 4) is 11.3 Å². The SMILES string of the molecule is CC(C)C(C)N/C(=N/C(=O)c1ccc(C(F)(F)F)cc1)Nc1cc(-c2cc(F)cc(F)c2)[nH]n1. The third-order valence-electron chi connectivity index (χ3n) is 5.03. The molecule has 1 heterocycles. The number of aromatic nitrogens is 2. The Labute approximate surface area is 192 Å². The zero-order chi connectivity index (χ0) is 25.0. The van der Waals surface area contributed by atoms with Crippen LogP contribution in [-0.2, 0) is 6.18 Å². The lowest BCUT2D eigenvalue weighted by Crippen LogP contribution is -2.40. The largest absolute Gasteiger partial charge is 0.416 e. The van der Waals surface area contributed by atoms with Crippen LogP contribution < -0.4 is 10.6 Å². The number of carbonyl (C=O) groups excluding carboxylic acids is 1. The summed E-state index contributed by atoms with van der Waals surface area (Å²) in [5.74, 6) is -1.93. The number of rotatable bonds is 5. The van der Waals surface area contributed by atoms with Crippen LogP contribution in [0.5, 0.6) is 0 Å². The molecule has 2 aromatic carbocycles. The summed E-state index contributed by atoms with van der Waals surface area (Å²) in [6.07, 6.45) is -4.52. The molecule has 1 aromatic heterocycles. The van der Waals surface area contributed by atoms with Crippen molar-refractivity contribution in [3.05, 3.63) is 71.3 Å². The van der Waals surface area contributed by atoms with Crippen LogP contribution in [-0.4, -0.2) is 28.1 Å². The molecule has 0 aliphatic heterocycles. The first-order valence-electron chi connectivity index (χ1n) is 10.3. The van der Waals surface area contributed by atoms with E-state index in [1.165, 1.54) is 6.07 Å². The maximum atomic E-state index is 13.5. The number of nitrogens with one attached hydrogen (secondary N) is 3. The zero-order valence-electron chi connectivity index (χ0n) is 18.5. The molecular weight excluding hydrogens is 457 g/mol. The standard InChI is InChI=1S/C23H22F5N5O/c1-12(2)13(3)29-22(31-21(34)14-4-6-16(7-5-14)23(26,27)28)30-20-11-19(32-33-20)15-8-17(24)10-18(25)9-15/h4-13H,1-3H3,(H3,29,30,31,32,33,34). The highest BCUT2D eigenvalue weighted by molar-refractivity contribution is 6.06. The third-order valence-corrected chi connectivity index (χ3v) is 5.03. The van der Waals surface area contributed by atoms with Crippen LogP contribution >= 0.6 is 0 Å². The Morgan fingerprint density at radius 3 is 2.18 bits per heavy atom. The molecule has 0 saturated carbocycles. The summed E-state index contributed by atoms with van der Waals surface area (Å²) in [5, 5.41) is 12.5. The second-order valence-electron chi connectivity index (χ2n) is 7.97. The van der Waals surface area contributed by atoms with E-state index in [1.54, 1.807) is 0 Å². The van der Waals surface area contributed by atoms with E-state index < -0.39 is 29.3 Å². The Bertz CT molecular complexity index is 1160. The van der Waals surface area contributed by atoms with Gasteiger partial charge in [-0.25, -0.2) is 8.78 Å². The Hall–Kier alpha value is -3.76. The normalized spacial score (nSPS) is 13.1. The predicted octanol–water partition coefficient (Wildman–Crippen LogP) is 5.62. The summed E-state index contributed by atoms with van der Waals surface area (Å²) in [7, 11) is 0. The van der Waals surface area contributed by atoms with Gasteiger partial charge in [0.05, 0.1) is 11.3 Å². The van der Waals surface area contributed by atoms with Crippen molar-refractivity contribution in [2.45, 2.75) is 33.0 Å². The Morgan fingerprint density at radius 2 is 1.62 bits per heavy atom. The van der Waals surface area contributed by atoms with Gasteiger partial charge in [0.1, 0.15) is 11.6 Å². The number of anilines is 1. The molecule has 0 saturated heterocycles. The predicted molar refractivity (Wildman–Crippen MR) is 118 cm³/mol. The first-order valence-corrected chi connectivity index (χ1v) is 10.3. The van der Waals surface area contributed by atoms with Crippen molar-refractivity contribution in [3.63, 3.8) is 0 Å². The topological polar surface area (TPSA) is 82.2 Å². The van der Waals surface area contributed by atoms with Gasteiger partial charge in [0.2, 0.25) is 5.96 Å². The smallest absolute Gasteiger partial charge is 0.353 e. The molecule has 1 atom stereocenters. The molecule has 6 nitrogen and oxygen atoms in total. The van der Waals surface area contributed by atoms with Crippen molar-refractivity contribution in [2.75, 3.05) is 5.32 Å². The number of carbonyl (C=O) groups is 1. The van der Waals surface area contributed by atoms with E-state index in [0.717, 1.165) is 42.5 Å². The van der Waals surface area contributed by atoms with Gasteiger partial charge in [0.15, 0.2) is 5.82 Å². The second-order valence-corrected chi connectivity index (χ2v) is 7.97. The summed E-state index contributed by atoms with van der Waals surface area (Å²) < 4.78 is 65.4. The van der Waals surface area contributed by atoms with Crippen molar-refractivity contribution in [1.82, 2.24) is 15.5 Å². The van der Waals surface area contributed by atoms with Gasteiger partial charge in [-0.2, -0.15) is 23.3 Å². The fraction of sp³-hybridized carbons (Fsp3) is 0.261. The molecule has 1 unspecified atom stereocenters. The molecular formula is C23H22F5N5O. The average molecular weight is 479 g/mol. The second kappa shape index (κ2) is 10.0. The molecule has 11 heteroatoms. The van der Waals surface area contributed by atoms with Crippen LogP contribution in [0.15, 0.2) is 53.5 Å². The monoisotopic (exact) mass is 479 g/mol. The van der Waals surface area contributed by atoms with Crippen LogP contribution in [0.3, 0.4) is 0 Å². The summed E-state index contributed by atoms with van der Waals surface area (Å²) in [6, 6.07) is 8.03. The van der Waals surface area contributed by atoms with Gasteiger partial charge < -0.3 is 10.6 Å². The molecule has 1 amide bonds. The number of alkyl halides is 3. The maximum Gasteiger partial charge on any atom is 0.416 e. The lowest BCUT2D eigenvalue weighted by atomic mass is 10.1. The van der Waals surface area contributed by atoms with E-state index >= 15 is 0 Å². The van der Waals surface area contributed by atoms with E-state index in [-0.39, 0.29) is 34.9 Å². The highest BCUT2D eigenvalue weighted by Crippen LogP contribution is 2.29. The van der Waals surface area contributed by atoms with Gasteiger partial charge in [-0.3, -0.25) is 9.89 Å². The fourth-order valence-corrected chi connectivity index (χ4v) is 2.81. The van der Waals surface area contributed by atoms with Crippen molar-refractivity contribution < 1.29 is 26.7 Å². The molecule has 34 heavy (non-hydrogen) atoms. The number of halogens is 5. The Morgan fingerprint density at radius 1 is 1.00 bits per heavy atom. The molecule has 3 aromatic rings. The zero-order valence-corrected chi connectivity index (χ0v) is 18.5. The van der Waals surface area contributed by atoms with Crippen LogP contribution in [0.4, 0.5) is 27.8 Å². The van der Waals surface area contributed by atoms with E-state index in [1.807, 2.05) is 20.8 Å². The molecule has 0 fully saturated rings. The highest BCUT2D eigenvalue weighted by atomic mass is 19.4. The van der Waals surface area contributed by atoms with E-state index in [2.05, 4.69) is 25.8 Å². The summed E-state index contributed by atoms with van der Waals surface area (Å²) in [5.41, 5.74) is -0.382. The Balaban J connectivity index is 1.85. The first-order chi connectivity index (χ1) is 15.9. The summed E-state index contributed by atoms with van der Waals surface area (Å²) >= 11 is 0. The number of amides is 1. The third kappa shape index (κ3) is 6.40. The van der Waals surface area contributed by atoms with Gasteiger partial charge in [-0.05, 0) is 49.2 Å². The van der Waals surface area contributed by atoms with Gasteiger partial charge in [0, 0.05) is 29.3 Å². The molecule has 3 N–H and O–H groups in total. The first kappa shape index (κ1) is 24.9. The van der Waals surface area contributed by atoms with Crippen LogP contribution in [0.2, 0.25) is 0 Å². The number of aromatic amines is 1. The molecule has 0 radical (unpaired) electrons. The minimum atomic E-state index is -4.52. The van der Waals surface area contributed by atoms with Crippen LogP contribution in [0, 0.1) is 17.6 Å².